The minimum Gasteiger partial charge on any atom is -0.464 e. The van der Waals surface area contributed by atoms with Gasteiger partial charge in [-0.3, -0.25) is 4.79 Å². The van der Waals surface area contributed by atoms with Crippen LogP contribution < -0.4 is 5.32 Å². The highest BCUT2D eigenvalue weighted by atomic mass is 19.1. The Morgan fingerprint density at radius 1 is 1.33 bits per heavy atom. The van der Waals surface area contributed by atoms with Crippen molar-refractivity contribution < 1.29 is 18.7 Å². The zero-order valence-electron chi connectivity index (χ0n) is 11.6. The molecular formula is C14H14FN3O3. The largest absolute Gasteiger partial charge is 0.464 e. The molecule has 1 aromatic carbocycles. The summed E-state index contributed by atoms with van der Waals surface area (Å²) in [5.74, 6) is -0.783. The number of nitrogens with one attached hydrogen (secondary N) is 1. The molecule has 21 heavy (non-hydrogen) atoms. The van der Waals surface area contributed by atoms with Crippen molar-refractivity contribution in [2.45, 2.75) is 13.5 Å². The standard InChI is InChI=1S/C14H14FN3O3/c1-9-16-7-12(14(20)21-2)18(9)8-13(19)17-11-5-3-10(15)4-6-11/h3-7H,8H2,1-2H3,(H,17,19). The molecule has 110 valence electrons. The number of rotatable bonds is 4. The molecule has 0 saturated carbocycles. The number of methoxy groups -OCH3 is 1. The number of anilines is 1. The average molecular weight is 291 g/mol. The normalized spacial score (nSPS) is 10.2. The summed E-state index contributed by atoms with van der Waals surface area (Å²) < 4.78 is 18.9. The second kappa shape index (κ2) is 6.17. The Labute approximate surface area is 120 Å². The Morgan fingerprint density at radius 3 is 2.62 bits per heavy atom. The molecular weight excluding hydrogens is 277 g/mol. The third kappa shape index (κ3) is 3.44. The van der Waals surface area contributed by atoms with Crippen molar-refractivity contribution in [3.05, 3.63) is 47.8 Å². The lowest BCUT2D eigenvalue weighted by molar-refractivity contribution is -0.116. The number of aromatic nitrogens is 2. The summed E-state index contributed by atoms with van der Waals surface area (Å²) in [4.78, 5) is 27.5. The van der Waals surface area contributed by atoms with E-state index in [0.717, 1.165) is 0 Å². The average Bonchev–Trinajstić information content (AvgIpc) is 2.82. The van der Waals surface area contributed by atoms with E-state index in [4.69, 9.17) is 0 Å². The summed E-state index contributed by atoms with van der Waals surface area (Å²) in [6, 6.07) is 5.40. The van der Waals surface area contributed by atoms with Crippen LogP contribution in [-0.4, -0.2) is 28.5 Å². The predicted octanol–water partition coefficient (Wildman–Crippen LogP) is 1.76. The fourth-order valence-corrected chi connectivity index (χ4v) is 1.81. The van der Waals surface area contributed by atoms with E-state index in [-0.39, 0.29) is 24.0 Å². The third-order valence-electron chi connectivity index (χ3n) is 2.88. The minimum atomic E-state index is -0.565. The van der Waals surface area contributed by atoms with Gasteiger partial charge in [-0.1, -0.05) is 0 Å². The highest BCUT2D eigenvalue weighted by molar-refractivity contribution is 5.92. The van der Waals surface area contributed by atoms with Crippen LogP contribution in [0.25, 0.3) is 0 Å². The molecule has 0 saturated heterocycles. The van der Waals surface area contributed by atoms with Gasteiger partial charge in [0.15, 0.2) is 0 Å². The molecule has 0 spiro atoms. The van der Waals surface area contributed by atoms with Crippen molar-refractivity contribution in [3.63, 3.8) is 0 Å². The van der Waals surface area contributed by atoms with Gasteiger partial charge in [0, 0.05) is 5.69 Å². The Hall–Kier alpha value is -2.70. The quantitative estimate of drug-likeness (QED) is 0.871. The molecule has 2 aromatic rings. The fraction of sp³-hybridized carbons (Fsp3) is 0.214. The van der Waals surface area contributed by atoms with Gasteiger partial charge in [0.05, 0.1) is 13.3 Å². The molecule has 1 aromatic heterocycles. The van der Waals surface area contributed by atoms with Crippen molar-refractivity contribution >= 4 is 17.6 Å². The lowest BCUT2D eigenvalue weighted by Crippen LogP contribution is -2.22. The van der Waals surface area contributed by atoms with Crippen LogP contribution in [0.3, 0.4) is 0 Å². The number of halogens is 1. The maximum absolute atomic E-state index is 12.8. The molecule has 0 aliphatic carbocycles. The number of hydrogen-bond donors (Lipinski definition) is 1. The molecule has 7 heteroatoms. The number of hydrogen-bond acceptors (Lipinski definition) is 4. The van der Waals surface area contributed by atoms with E-state index in [9.17, 15) is 14.0 Å². The highest BCUT2D eigenvalue weighted by Gasteiger charge is 2.17. The van der Waals surface area contributed by atoms with Gasteiger partial charge in [0.2, 0.25) is 5.91 Å². The molecule has 6 nitrogen and oxygen atoms in total. The number of nitrogens with zero attached hydrogens (tertiary/aromatic N) is 2. The Bertz CT molecular complexity index is 665. The van der Waals surface area contributed by atoms with Gasteiger partial charge >= 0.3 is 5.97 Å². The number of esters is 1. The number of ether oxygens (including phenoxy) is 1. The number of aryl methyl sites for hydroxylation is 1. The van der Waals surface area contributed by atoms with E-state index >= 15 is 0 Å². The molecule has 0 unspecified atom stereocenters. The van der Waals surface area contributed by atoms with Gasteiger partial charge in [-0.05, 0) is 31.2 Å². The van der Waals surface area contributed by atoms with Crippen LogP contribution in [-0.2, 0) is 16.1 Å². The van der Waals surface area contributed by atoms with Crippen LogP contribution in [0.1, 0.15) is 16.3 Å². The van der Waals surface area contributed by atoms with E-state index in [1.165, 1.54) is 42.1 Å². The number of imidazole rings is 1. The van der Waals surface area contributed by atoms with Crippen LogP contribution in [0.4, 0.5) is 10.1 Å². The van der Waals surface area contributed by atoms with Crippen molar-refractivity contribution in [3.8, 4) is 0 Å². The van der Waals surface area contributed by atoms with Gasteiger partial charge < -0.3 is 14.6 Å². The topological polar surface area (TPSA) is 73.2 Å². The first kappa shape index (κ1) is 14.7. The lowest BCUT2D eigenvalue weighted by Gasteiger charge is -2.09. The third-order valence-corrected chi connectivity index (χ3v) is 2.88. The van der Waals surface area contributed by atoms with Crippen molar-refractivity contribution in [2.24, 2.45) is 0 Å². The highest BCUT2D eigenvalue weighted by Crippen LogP contribution is 2.10. The molecule has 2 rings (SSSR count). The molecule has 0 radical (unpaired) electrons. The second-order valence-electron chi connectivity index (χ2n) is 4.32. The second-order valence-corrected chi connectivity index (χ2v) is 4.32. The van der Waals surface area contributed by atoms with E-state index < -0.39 is 5.97 Å². The molecule has 0 fully saturated rings. The van der Waals surface area contributed by atoms with E-state index in [1.54, 1.807) is 6.92 Å². The summed E-state index contributed by atoms with van der Waals surface area (Å²) in [7, 11) is 1.26. The summed E-state index contributed by atoms with van der Waals surface area (Å²) >= 11 is 0. The zero-order valence-corrected chi connectivity index (χ0v) is 11.6. The fourth-order valence-electron chi connectivity index (χ4n) is 1.81. The molecule has 1 N–H and O–H groups in total. The number of carbonyl (C=O) groups is 2. The van der Waals surface area contributed by atoms with Gasteiger partial charge in [-0.15, -0.1) is 0 Å². The molecule has 0 aliphatic rings. The summed E-state index contributed by atoms with van der Waals surface area (Å²) in [6.07, 6.45) is 1.35. The van der Waals surface area contributed by atoms with Gasteiger partial charge in [0.1, 0.15) is 23.9 Å². The van der Waals surface area contributed by atoms with Crippen molar-refractivity contribution in [1.82, 2.24) is 9.55 Å². The number of carbonyl (C=O) groups excluding carboxylic acids is 2. The maximum atomic E-state index is 12.8. The molecule has 1 amide bonds. The van der Waals surface area contributed by atoms with Crippen molar-refractivity contribution in [2.75, 3.05) is 12.4 Å². The van der Waals surface area contributed by atoms with E-state index in [0.29, 0.717) is 11.5 Å². The first-order chi connectivity index (χ1) is 10.0. The van der Waals surface area contributed by atoms with Crippen LogP contribution in [0, 0.1) is 12.7 Å². The Kier molecular flexibility index (Phi) is 4.32. The Morgan fingerprint density at radius 2 is 2.00 bits per heavy atom. The minimum absolute atomic E-state index is 0.0896. The number of amides is 1. The van der Waals surface area contributed by atoms with E-state index in [1.807, 2.05) is 0 Å². The van der Waals surface area contributed by atoms with Crippen LogP contribution in [0.2, 0.25) is 0 Å². The smallest absolute Gasteiger partial charge is 0.356 e. The van der Waals surface area contributed by atoms with Crippen LogP contribution in [0.15, 0.2) is 30.5 Å². The zero-order chi connectivity index (χ0) is 15.4. The summed E-state index contributed by atoms with van der Waals surface area (Å²) in [5.41, 5.74) is 0.669. The monoisotopic (exact) mass is 291 g/mol. The summed E-state index contributed by atoms with van der Waals surface area (Å²) in [6.45, 7) is 1.59. The lowest BCUT2D eigenvalue weighted by atomic mass is 10.3. The molecule has 0 atom stereocenters. The number of benzene rings is 1. The first-order valence-electron chi connectivity index (χ1n) is 6.17. The predicted molar refractivity (Wildman–Crippen MR) is 73.3 cm³/mol. The summed E-state index contributed by atoms with van der Waals surface area (Å²) in [5, 5.41) is 2.61. The van der Waals surface area contributed by atoms with Gasteiger partial charge in [0.25, 0.3) is 0 Å². The van der Waals surface area contributed by atoms with E-state index in [2.05, 4.69) is 15.0 Å². The van der Waals surface area contributed by atoms with Gasteiger partial charge in [-0.2, -0.15) is 0 Å². The first-order valence-corrected chi connectivity index (χ1v) is 6.17. The maximum Gasteiger partial charge on any atom is 0.356 e. The van der Waals surface area contributed by atoms with Crippen LogP contribution >= 0.6 is 0 Å². The Balaban J connectivity index is 2.11. The van der Waals surface area contributed by atoms with Crippen LogP contribution in [0.5, 0.6) is 0 Å². The molecule has 0 aliphatic heterocycles. The molecule has 1 heterocycles. The SMILES string of the molecule is COC(=O)c1cnc(C)n1CC(=O)Nc1ccc(F)cc1. The van der Waals surface area contributed by atoms with Gasteiger partial charge in [-0.25, -0.2) is 14.2 Å². The molecule has 0 bridgehead atoms. The van der Waals surface area contributed by atoms with Crippen molar-refractivity contribution in [1.29, 1.82) is 0 Å².